The van der Waals surface area contributed by atoms with Gasteiger partial charge in [-0.3, -0.25) is 9.48 Å². The van der Waals surface area contributed by atoms with E-state index in [1.165, 1.54) is 0 Å². The molecule has 0 fully saturated rings. The van der Waals surface area contributed by atoms with Crippen molar-refractivity contribution < 1.29 is 9.53 Å². The third-order valence-electron chi connectivity index (χ3n) is 2.25. The Morgan fingerprint density at radius 3 is 3.00 bits per heavy atom. The predicted octanol–water partition coefficient (Wildman–Crippen LogP) is 2.35. The zero-order valence-corrected chi connectivity index (χ0v) is 11.1. The zero-order valence-electron chi connectivity index (χ0n) is 10.3. The molecule has 0 aliphatic heterocycles. The topological polar surface area (TPSA) is 44.1 Å². The van der Waals surface area contributed by atoms with Crippen molar-refractivity contribution in [2.24, 2.45) is 0 Å². The van der Waals surface area contributed by atoms with Crippen LogP contribution >= 0.6 is 11.8 Å². The van der Waals surface area contributed by atoms with Crippen LogP contribution in [0.4, 0.5) is 0 Å². The van der Waals surface area contributed by atoms with E-state index in [2.05, 4.69) is 5.10 Å². The van der Waals surface area contributed by atoms with E-state index in [4.69, 9.17) is 4.74 Å². The van der Waals surface area contributed by atoms with Crippen LogP contribution in [-0.4, -0.2) is 33.9 Å². The molecule has 0 aliphatic rings. The number of nitrogens with zero attached hydrogens (tertiary/aromatic N) is 2. The summed E-state index contributed by atoms with van der Waals surface area (Å²) in [5.74, 6) is 2.09. The average molecular weight is 256 g/mol. The van der Waals surface area contributed by atoms with E-state index in [1.54, 1.807) is 6.20 Å². The van der Waals surface area contributed by atoms with Crippen LogP contribution in [0.25, 0.3) is 0 Å². The lowest BCUT2D eigenvalue weighted by molar-refractivity contribution is -0.143. The van der Waals surface area contributed by atoms with Gasteiger partial charge in [0.2, 0.25) is 0 Å². The first-order chi connectivity index (χ1) is 8.33. The van der Waals surface area contributed by atoms with E-state index in [1.807, 2.05) is 35.6 Å². The fraction of sp³-hybridized carbons (Fsp3) is 0.667. The number of thioether (sulfide) groups is 1. The first kappa shape index (κ1) is 14.1. The minimum Gasteiger partial charge on any atom is -0.466 e. The molecule has 0 bridgehead atoms. The molecular formula is C12H20N2O2S. The molecular weight excluding hydrogens is 236 g/mol. The molecule has 0 aliphatic carbocycles. The maximum absolute atomic E-state index is 11.0. The van der Waals surface area contributed by atoms with Gasteiger partial charge >= 0.3 is 5.97 Å². The van der Waals surface area contributed by atoms with Gasteiger partial charge in [0.25, 0.3) is 0 Å². The predicted molar refractivity (Wildman–Crippen MR) is 70.0 cm³/mol. The molecule has 1 aromatic rings. The van der Waals surface area contributed by atoms with Gasteiger partial charge in [-0.15, -0.1) is 0 Å². The highest BCUT2D eigenvalue weighted by atomic mass is 32.2. The number of carbonyl (C=O) groups excluding carboxylic acids is 1. The average Bonchev–Trinajstić information content (AvgIpc) is 2.81. The van der Waals surface area contributed by atoms with Crippen molar-refractivity contribution in [1.82, 2.24) is 9.78 Å². The van der Waals surface area contributed by atoms with Gasteiger partial charge in [-0.05, 0) is 31.6 Å². The lowest BCUT2D eigenvalue weighted by Gasteiger charge is -2.03. The van der Waals surface area contributed by atoms with Gasteiger partial charge in [0.05, 0.1) is 6.61 Å². The van der Waals surface area contributed by atoms with Crippen LogP contribution in [-0.2, 0) is 16.1 Å². The largest absolute Gasteiger partial charge is 0.466 e. The van der Waals surface area contributed by atoms with Gasteiger partial charge in [-0.1, -0.05) is 0 Å². The fourth-order valence-corrected chi connectivity index (χ4v) is 2.33. The van der Waals surface area contributed by atoms with Gasteiger partial charge in [0, 0.05) is 31.1 Å². The van der Waals surface area contributed by atoms with E-state index in [0.29, 0.717) is 13.0 Å². The minimum atomic E-state index is -0.0750. The molecule has 1 aromatic heterocycles. The van der Waals surface area contributed by atoms with Crippen molar-refractivity contribution in [2.75, 3.05) is 18.1 Å². The maximum Gasteiger partial charge on any atom is 0.305 e. The lowest BCUT2D eigenvalue weighted by atomic mass is 10.2. The third-order valence-corrected chi connectivity index (χ3v) is 3.30. The number of rotatable bonds is 9. The van der Waals surface area contributed by atoms with Gasteiger partial charge in [0.15, 0.2) is 0 Å². The second kappa shape index (κ2) is 9.10. The zero-order chi connectivity index (χ0) is 12.3. The van der Waals surface area contributed by atoms with Crippen molar-refractivity contribution in [3.8, 4) is 0 Å². The molecule has 0 atom stereocenters. The monoisotopic (exact) mass is 256 g/mol. The van der Waals surface area contributed by atoms with Gasteiger partial charge < -0.3 is 4.74 Å². The quantitative estimate of drug-likeness (QED) is 0.502. The first-order valence-corrected chi connectivity index (χ1v) is 7.19. The Hall–Kier alpha value is -0.970. The molecule has 0 saturated carbocycles. The van der Waals surface area contributed by atoms with Crippen molar-refractivity contribution in [3.63, 3.8) is 0 Å². The summed E-state index contributed by atoms with van der Waals surface area (Å²) in [4.78, 5) is 11.0. The van der Waals surface area contributed by atoms with Gasteiger partial charge in [-0.25, -0.2) is 0 Å². The Bertz CT molecular complexity index is 301. The number of aryl methyl sites for hydroxylation is 1. The van der Waals surface area contributed by atoms with Gasteiger partial charge in [-0.2, -0.15) is 16.9 Å². The normalized spacial score (nSPS) is 10.4. The van der Waals surface area contributed by atoms with Crippen LogP contribution in [0.2, 0.25) is 0 Å². The van der Waals surface area contributed by atoms with Crippen molar-refractivity contribution in [3.05, 3.63) is 18.5 Å². The third kappa shape index (κ3) is 7.05. The molecule has 17 heavy (non-hydrogen) atoms. The molecule has 0 saturated heterocycles. The van der Waals surface area contributed by atoms with E-state index >= 15 is 0 Å². The summed E-state index contributed by atoms with van der Waals surface area (Å²) >= 11 is 1.90. The van der Waals surface area contributed by atoms with Crippen LogP contribution < -0.4 is 0 Å². The number of esters is 1. The summed E-state index contributed by atoms with van der Waals surface area (Å²) in [7, 11) is 0. The number of unbranched alkanes of at least 4 members (excludes halogenated alkanes) is 1. The highest BCUT2D eigenvalue weighted by Gasteiger charge is 2.00. The minimum absolute atomic E-state index is 0.0750. The standard InChI is InChI=1S/C12H20N2O2S/c1-2-16-12(15)6-3-4-10-17-11-9-14-8-5-7-13-14/h5,7-8H,2-4,6,9-11H2,1H3. The summed E-state index contributed by atoms with van der Waals surface area (Å²) in [6.45, 7) is 3.27. The number of ether oxygens (including phenoxy) is 1. The molecule has 1 heterocycles. The first-order valence-electron chi connectivity index (χ1n) is 6.03. The van der Waals surface area contributed by atoms with E-state index < -0.39 is 0 Å². The number of hydrogen-bond acceptors (Lipinski definition) is 4. The smallest absolute Gasteiger partial charge is 0.305 e. The molecule has 0 N–H and O–H groups in total. The molecule has 1 rings (SSSR count). The van der Waals surface area contributed by atoms with Gasteiger partial charge in [0.1, 0.15) is 0 Å². The Morgan fingerprint density at radius 2 is 2.29 bits per heavy atom. The van der Waals surface area contributed by atoms with Crippen LogP contribution in [0.1, 0.15) is 26.2 Å². The van der Waals surface area contributed by atoms with Crippen molar-refractivity contribution in [1.29, 1.82) is 0 Å². The summed E-state index contributed by atoms with van der Waals surface area (Å²) in [6.07, 6.45) is 6.31. The molecule has 96 valence electrons. The van der Waals surface area contributed by atoms with Crippen LogP contribution in [0, 0.1) is 0 Å². The second-order valence-corrected chi connectivity index (χ2v) is 4.87. The van der Waals surface area contributed by atoms with E-state index in [-0.39, 0.29) is 5.97 Å². The molecule has 0 unspecified atom stereocenters. The summed E-state index contributed by atoms with van der Waals surface area (Å²) < 4.78 is 6.80. The highest BCUT2D eigenvalue weighted by Crippen LogP contribution is 2.07. The Labute approximate surface area is 107 Å². The lowest BCUT2D eigenvalue weighted by Crippen LogP contribution is -2.04. The SMILES string of the molecule is CCOC(=O)CCCCSCCn1cccn1. The van der Waals surface area contributed by atoms with Crippen LogP contribution in [0.15, 0.2) is 18.5 Å². The number of carbonyl (C=O) groups is 1. The summed E-state index contributed by atoms with van der Waals surface area (Å²) in [5.41, 5.74) is 0. The fourth-order valence-electron chi connectivity index (χ4n) is 1.40. The molecule has 5 heteroatoms. The number of hydrogen-bond donors (Lipinski definition) is 0. The molecule has 4 nitrogen and oxygen atoms in total. The van der Waals surface area contributed by atoms with Crippen molar-refractivity contribution in [2.45, 2.75) is 32.7 Å². The van der Waals surface area contributed by atoms with Crippen LogP contribution in [0.5, 0.6) is 0 Å². The maximum atomic E-state index is 11.0. The molecule has 0 spiro atoms. The Morgan fingerprint density at radius 1 is 1.41 bits per heavy atom. The Balaban J connectivity index is 1.86. The summed E-state index contributed by atoms with van der Waals surface area (Å²) in [6, 6.07) is 1.93. The number of aromatic nitrogens is 2. The van der Waals surface area contributed by atoms with Crippen LogP contribution in [0.3, 0.4) is 0 Å². The second-order valence-electron chi connectivity index (χ2n) is 3.64. The summed E-state index contributed by atoms with van der Waals surface area (Å²) in [5, 5.41) is 4.14. The van der Waals surface area contributed by atoms with Crippen molar-refractivity contribution >= 4 is 17.7 Å². The molecule has 0 radical (unpaired) electrons. The highest BCUT2D eigenvalue weighted by molar-refractivity contribution is 7.99. The molecule has 0 aromatic carbocycles. The van der Waals surface area contributed by atoms with E-state index in [0.717, 1.165) is 30.9 Å². The Kier molecular flexibility index (Phi) is 7.54. The molecule has 0 amide bonds. The van der Waals surface area contributed by atoms with E-state index in [9.17, 15) is 4.79 Å².